The average Bonchev–Trinajstić information content (AvgIpc) is 3.44. The van der Waals surface area contributed by atoms with Gasteiger partial charge in [-0.15, -0.1) is 0 Å². The zero-order chi connectivity index (χ0) is 56.4. The molecule has 0 saturated heterocycles. The van der Waals surface area contributed by atoms with Crippen LogP contribution in [-0.2, 0) is 28.6 Å². The highest BCUT2D eigenvalue weighted by Crippen LogP contribution is 2.17. The quantitative estimate of drug-likeness (QED) is 0.0261. The Morgan fingerprint density at radius 3 is 0.808 bits per heavy atom. The standard InChI is InChI=1S/C72H124O6/c1-4-7-10-13-16-19-22-25-27-29-30-31-32-33-34-35-36-37-38-39-40-41-42-44-45-47-50-53-56-59-62-65-71(74)77-68-69(67-76-70(73)64-61-58-55-52-49-24-21-18-15-12-9-6-3)78-72(75)66-63-60-57-54-51-48-46-43-28-26-23-20-17-14-11-8-5-2/h7,10,16-17,19-20,25-28,30-31,33-34,36-37,69H,4-6,8-9,11-15,18,21-24,29,32,35,38-68H2,1-3H3/b10-7-,19-16-,20-17-,27-25-,28-26-,31-30-,34-33-,37-36-. The van der Waals surface area contributed by atoms with Crippen LogP contribution in [0.4, 0.5) is 0 Å². The van der Waals surface area contributed by atoms with Crippen molar-refractivity contribution in [2.24, 2.45) is 0 Å². The van der Waals surface area contributed by atoms with Crippen molar-refractivity contribution in [2.45, 2.75) is 329 Å². The molecule has 0 spiro atoms. The van der Waals surface area contributed by atoms with E-state index in [1.54, 1.807) is 0 Å². The number of ether oxygens (including phenoxy) is 3. The van der Waals surface area contributed by atoms with Crippen LogP contribution in [-0.4, -0.2) is 37.2 Å². The predicted molar refractivity (Wildman–Crippen MR) is 339 cm³/mol. The first-order valence-corrected chi connectivity index (χ1v) is 33.2. The second-order valence-corrected chi connectivity index (χ2v) is 22.0. The molecular weight excluding hydrogens is 961 g/mol. The molecule has 0 aromatic carbocycles. The maximum Gasteiger partial charge on any atom is 0.306 e. The Morgan fingerprint density at radius 1 is 0.269 bits per heavy atom. The third-order valence-corrected chi connectivity index (χ3v) is 14.3. The first kappa shape index (κ1) is 74.3. The predicted octanol–water partition coefficient (Wildman–Crippen LogP) is 22.8. The van der Waals surface area contributed by atoms with Gasteiger partial charge in [0.25, 0.3) is 0 Å². The van der Waals surface area contributed by atoms with E-state index >= 15 is 0 Å². The Kier molecular flexibility index (Phi) is 62.7. The Labute approximate surface area is 483 Å². The first-order valence-electron chi connectivity index (χ1n) is 33.2. The molecule has 0 aromatic heterocycles. The van der Waals surface area contributed by atoms with Crippen LogP contribution in [0.3, 0.4) is 0 Å². The van der Waals surface area contributed by atoms with E-state index in [1.807, 2.05) is 0 Å². The molecule has 6 nitrogen and oxygen atoms in total. The van der Waals surface area contributed by atoms with Crippen LogP contribution >= 0.6 is 0 Å². The minimum atomic E-state index is -0.781. The van der Waals surface area contributed by atoms with Crippen LogP contribution < -0.4 is 0 Å². The summed E-state index contributed by atoms with van der Waals surface area (Å²) in [6.07, 6.45) is 88.5. The van der Waals surface area contributed by atoms with E-state index in [-0.39, 0.29) is 31.1 Å². The molecule has 78 heavy (non-hydrogen) atoms. The smallest absolute Gasteiger partial charge is 0.306 e. The van der Waals surface area contributed by atoms with Gasteiger partial charge >= 0.3 is 17.9 Å². The van der Waals surface area contributed by atoms with Gasteiger partial charge in [0, 0.05) is 19.3 Å². The zero-order valence-electron chi connectivity index (χ0n) is 51.4. The number of carbonyl (C=O) groups is 3. The Balaban J connectivity index is 4.23. The molecule has 0 rings (SSSR count). The maximum absolute atomic E-state index is 12.9. The second-order valence-electron chi connectivity index (χ2n) is 22.0. The molecule has 0 aromatic rings. The number of esters is 3. The summed E-state index contributed by atoms with van der Waals surface area (Å²) in [7, 11) is 0. The van der Waals surface area contributed by atoms with Crippen molar-refractivity contribution in [3.05, 3.63) is 97.2 Å². The lowest BCUT2D eigenvalue weighted by atomic mass is 10.0. The van der Waals surface area contributed by atoms with E-state index in [0.29, 0.717) is 19.3 Å². The first-order chi connectivity index (χ1) is 38.5. The molecule has 0 bridgehead atoms. The Bertz CT molecular complexity index is 1530. The van der Waals surface area contributed by atoms with Crippen molar-refractivity contribution in [1.82, 2.24) is 0 Å². The van der Waals surface area contributed by atoms with Gasteiger partial charge in [0.1, 0.15) is 13.2 Å². The van der Waals surface area contributed by atoms with Gasteiger partial charge in [0.2, 0.25) is 0 Å². The van der Waals surface area contributed by atoms with Crippen molar-refractivity contribution >= 4 is 17.9 Å². The fourth-order valence-corrected chi connectivity index (χ4v) is 9.36. The van der Waals surface area contributed by atoms with Crippen molar-refractivity contribution in [3.63, 3.8) is 0 Å². The lowest BCUT2D eigenvalue weighted by Crippen LogP contribution is -2.30. The maximum atomic E-state index is 12.9. The molecule has 0 heterocycles. The molecular formula is C72H124O6. The highest BCUT2D eigenvalue weighted by molar-refractivity contribution is 5.71. The van der Waals surface area contributed by atoms with Crippen LogP contribution in [0, 0.1) is 0 Å². The molecule has 0 radical (unpaired) electrons. The minimum absolute atomic E-state index is 0.0773. The van der Waals surface area contributed by atoms with Gasteiger partial charge in [0.15, 0.2) is 6.10 Å². The van der Waals surface area contributed by atoms with Gasteiger partial charge in [0.05, 0.1) is 0 Å². The van der Waals surface area contributed by atoms with E-state index in [9.17, 15) is 14.4 Å². The highest BCUT2D eigenvalue weighted by Gasteiger charge is 2.19. The van der Waals surface area contributed by atoms with Crippen molar-refractivity contribution in [1.29, 1.82) is 0 Å². The number of rotatable bonds is 60. The number of unbranched alkanes of at least 4 members (excludes halogenated alkanes) is 33. The van der Waals surface area contributed by atoms with Crippen molar-refractivity contribution in [3.8, 4) is 0 Å². The summed E-state index contributed by atoms with van der Waals surface area (Å²) in [6, 6.07) is 0. The largest absolute Gasteiger partial charge is 0.462 e. The molecule has 0 aliphatic carbocycles. The molecule has 0 amide bonds. The third-order valence-electron chi connectivity index (χ3n) is 14.3. The molecule has 1 unspecified atom stereocenters. The van der Waals surface area contributed by atoms with Crippen LogP contribution in [0.15, 0.2) is 97.2 Å². The number of carbonyl (C=O) groups excluding carboxylic acids is 3. The van der Waals surface area contributed by atoms with Gasteiger partial charge in [-0.1, -0.05) is 298 Å². The number of hydrogen-bond acceptors (Lipinski definition) is 6. The van der Waals surface area contributed by atoms with Gasteiger partial charge in [-0.05, 0) is 103 Å². The highest BCUT2D eigenvalue weighted by atomic mass is 16.6. The summed E-state index contributed by atoms with van der Waals surface area (Å²) in [6.45, 7) is 6.52. The van der Waals surface area contributed by atoms with Crippen LogP contribution in [0.2, 0.25) is 0 Å². The van der Waals surface area contributed by atoms with E-state index in [2.05, 4.69) is 118 Å². The third kappa shape index (κ3) is 63.2. The molecule has 0 N–H and O–H groups in total. The summed E-state index contributed by atoms with van der Waals surface area (Å²) in [5.41, 5.74) is 0. The van der Waals surface area contributed by atoms with Crippen LogP contribution in [0.1, 0.15) is 323 Å². The lowest BCUT2D eigenvalue weighted by Gasteiger charge is -2.18. The van der Waals surface area contributed by atoms with E-state index < -0.39 is 6.10 Å². The lowest BCUT2D eigenvalue weighted by molar-refractivity contribution is -0.167. The number of hydrogen-bond donors (Lipinski definition) is 0. The van der Waals surface area contributed by atoms with E-state index in [4.69, 9.17) is 14.2 Å². The number of allylic oxidation sites excluding steroid dienone is 16. The fraction of sp³-hybridized carbons (Fsp3) is 0.736. The average molecular weight is 1090 g/mol. The van der Waals surface area contributed by atoms with Crippen LogP contribution in [0.5, 0.6) is 0 Å². The molecule has 0 aliphatic rings. The molecule has 0 fully saturated rings. The summed E-state index contributed by atoms with van der Waals surface area (Å²) >= 11 is 0. The second kappa shape index (κ2) is 65.8. The summed E-state index contributed by atoms with van der Waals surface area (Å²) in [4.78, 5) is 38.3. The van der Waals surface area contributed by atoms with E-state index in [1.165, 1.54) is 173 Å². The fourth-order valence-electron chi connectivity index (χ4n) is 9.36. The monoisotopic (exact) mass is 1080 g/mol. The normalized spacial score (nSPS) is 12.7. The molecule has 0 saturated carbocycles. The molecule has 6 heteroatoms. The van der Waals surface area contributed by atoms with Crippen LogP contribution in [0.25, 0.3) is 0 Å². The summed E-state index contributed by atoms with van der Waals surface area (Å²) in [5, 5.41) is 0. The van der Waals surface area contributed by atoms with Gasteiger partial charge in [-0.25, -0.2) is 0 Å². The van der Waals surface area contributed by atoms with Crippen molar-refractivity contribution in [2.75, 3.05) is 13.2 Å². The van der Waals surface area contributed by atoms with Crippen molar-refractivity contribution < 1.29 is 28.6 Å². The van der Waals surface area contributed by atoms with E-state index in [0.717, 1.165) is 109 Å². The zero-order valence-corrected chi connectivity index (χ0v) is 51.4. The van der Waals surface area contributed by atoms with Gasteiger partial charge in [-0.3, -0.25) is 14.4 Å². The Morgan fingerprint density at radius 2 is 0.500 bits per heavy atom. The van der Waals surface area contributed by atoms with Gasteiger partial charge < -0.3 is 14.2 Å². The summed E-state index contributed by atoms with van der Waals surface area (Å²) < 4.78 is 16.9. The minimum Gasteiger partial charge on any atom is -0.462 e. The molecule has 1 atom stereocenters. The molecule has 448 valence electrons. The SMILES string of the molecule is CC/C=C\C/C=C\C/C=C\C/C=C\C/C=C\C/C=C\CCCCCCCCCCCCCCC(=O)OCC(COC(=O)CCCCCCCCCCCCCC)OC(=O)CCCCCCCCC/C=C\C/C=C\CCCCC. The Hall–Kier alpha value is -3.67. The topological polar surface area (TPSA) is 78.9 Å². The summed E-state index contributed by atoms with van der Waals surface area (Å²) in [5.74, 6) is -0.875. The molecule has 0 aliphatic heterocycles. The van der Waals surface area contributed by atoms with Gasteiger partial charge in [-0.2, -0.15) is 0 Å².